The van der Waals surface area contributed by atoms with Gasteiger partial charge in [0, 0.05) is 17.5 Å². The van der Waals surface area contributed by atoms with Crippen LogP contribution in [0.4, 0.5) is 0 Å². The molecule has 0 bridgehead atoms. The first-order chi connectivity index (χ1) is 11.6. The van der Waals surface area contributed by atoms with E-state index in [-0.39, 0.29) is 0 Å². The van der Waals surface area contributed by atoms with Gasteiger partial charge in [-0.3, -0.25) is 0 Å². The van der Waals surface area contributed by atoms with Crippen LogP contribution < -0.4 is 9.30 Å². The highest BCUT2D eigenvalue weighted by Gasteiger charge is 2.30. The summed E-state index contributed by atoms with van der Waals surface area (Å²) in [6.45, 7) is 4.31. The molecule has 0 fully saturated rings. The Labute approximate surface area is 140 Å². The molecule has 24 heavy (non-hydrogen) atoms. The molecule has 4 aromatic rings. The number of rotatable bonds is 0. The predicted octanol–water partition coefficient (Wildman–Crippen LogP) is 5.21. The lowest BCUT2D eigenvalue weighted by Crippen LogP contribution is -2.33. The van der Waals surface area contributed by atoms with E-state index in [0.717, 1.165) is 17.2 Å². The second-order valence-corrected chi connectivity index (χ2v) is 6.69. The Morgan fingerprint density at radius 2 is 1.71 bits per heavy atom. The standard InChI is InChI=1S/C22H18NO/c1-13-7-10-17-16(11-13)12-19-22(23(17)3)20-14(2)8-9-15-5-4-6-18(24-19)21(15)20/h4-12H,1-3H3/q+1. The van der Waals surface area contributed by atoms with E-state index in [0.29, 0.717) is 0 Å². The van der Waals surface area contributed by atoms with E-state index >= 15 is 0 Å². The molecule has 0 amide bonds. The van der Waals surface area contributed by atoms with E-state index in [1.54, 1.807) is 0 Å². The second kappa shape index (κ2) is 4.57. The van der Waals surface area contributed by atoms with Crippen LogP contribution in [0.5, 0.6) is 11.5 Å². The molecule has 2 heteroatoms. The molecule has 5 rings (SSSR count). The lowest BCUT2D eigenvalue weighted by atomic mass is 9.93. The van der Waals surface area contributed by atoms with Crippen molar-refractivity contribution in [1.29, 1.82) is 0 Å². The minimum absolute atomic E-state index is 0.935. The molecule has 116 valence electrons. The van der Waals surface area contributed by atoms with E-state index < -0.39 is 0 Å². The predicted molar refractivity (Wildman–Crippen MR) is 97.6 cm³/mol. The van der Waals surface area contributed by atoms with Gasteiger partial charge in [-0.1, -0.05) is 35.9 Å². The molecule has 1 aromatic heterocycles. The first-order valence-electron chi connectivity index (χ1n) is 8.27. The molecule has 0 atom stereocenters. The average molecular weight is 312 g/mol. The van der Waals surface area contributed by atoms with Crippen LogP contribution in [0.2, 0.25) is 0 Å². The Morgan fingerprint density at radius 1 is 0.833 bits per heavy atom. The Morgan fingerprint density at radius 3 is 2.58 bits per heavy atom. The summed E-state index contributed by atoms with van der Waals surface area (Å²) < 4.78 is 8.58. The van der Waals surface area contributed by atoms with Crippen LogP contribution in [0.1, 0.15) is 11.1 Å². The fourth-order valence-corrected chi connectivity index (χ4v) is 3.92. The second-order valence-electron chi connectivity index (χ2n) is 6.69. The minimum atomic E-state index is 0.935. The molecule has 0 N–H and O–H groups in total. The lowest BCUT2D eigenvalue weighted by molar-refractivity contribution is -0.633. The lowest BCUT2D eigenvalue weighted by Gasteiger charge is -2.21. The summed E-state index contributed by atoms with van der Waals surface area (Å²) in [5, 5.41) is 3.65. The van der Waals surface area contributed by atoms with E-state index in [9.17, 15) is 0 Å². The number of benzene rings is 3. The zero-order chi connectivity index (χ0) is 16.4. The van der Waals surface area contributed by atoms with Crippen molar-refractivity contribution in [2.45, 2.75) is 13.8 Å². The molecule has 2 heterocycles. The summed E-state index contributed by atoms with van der Waals surface area (Å²) in [6.07, 6.45) is 0. The van der Waals surface area contributed by atoms with Crippen molar-refractivity contribution in [3.05, 3.63) is 65.7 Å². The number of pyridine rings is 1. The summed E-state index contributed by atoms with van der Waals surface area (Å²) in [5.74, 6) is 1.88. The topological polar surface area (TPSA) is 13.1 Å². The SMILES string of the molecule is Cc1ccc2c(c1)cc1c([n+]2C)-c2c(C)ccc3cccc(c23)O1. The molecule has 1 aliphatic heterocycles. The van der Waals surface area contributed by atoms with E-state index in [4.69, 9.17) is 4.74 Å². The Balaban J connectivity index is 1.99. The van der Waals surface area contributed by atoms with Crippen LogP contribution in [-0.2, 0) is 7.05 Å². The maximum absolute atomic E-state index is 6.31. The normalized spacial score (nSPS) is 12.3. The van der Waals surface area contributed by atoms with Crippen LogP contribution in [0.25, 0.3) is 32.9 Å². The first-order valence-corrected chi connectivity index (χ1v) is 8.27. The fraction of sp³-hybridized carbons (Fsp3) is 0.136. The number of nitrogens with zero attached hydrogens (tertiary/aromatic N) is 1. The van der Waals surface area contributed by atoms with E-state index in [1.807, 2.05) is 0 Å². The van der Waals surface area contributed by atoms with Crippen molar-refractivity contribution < 1.29 is 9.30 Å². The van der Waals surface area contributed by atoms with E-state index in [1.165, 1.54) is 38.4 Å². The Hall–Kier alpha value is -2.87. The molecule has 2 nitrogen and oxygen atoms in total. The zero-order valence-corrected chi connectivity index (χ0v) is 14.1. The molecular formula is C22H18NO+. The van der Waals surface area contributed by atoms with Gasteiger partial charge in [-0.15, -0.1) is 0 Å². The summed E-state index contributed by atoms with van der Waals surface area (Å²) >= 11 is 0. The molecule has 3 aromatic carbocycles. The Bertz CT molecular complexity index is 1160. The van der Waals surface area contributed by atoms with Gasteiger partial charge in [-0.25, -0.2) is 0 Å². The monoisotopic (exact) mass is 312 g/mol. The van der Waals surface area contributed by atoms with Crippen LogP contribution in [0.3, 0.4) is 0 Å². The third-order valence-electron chi connectivity index (χ3n) is 5.07. The largest absolute Gasteiger partial charge is 0.450 e. The van der Waals surface area contributed by atoms with Crippen LogP contribution in [0, 0.1) is 13.8 Å². The number of hydrogen-bond acceptors (Lipinski definition) is 1. The van der Waals surface area contributed by atoms with Gasteiger partial charge in [0.15, 0.2) is 5.75 Å². The average Bonchev–Trinajstić information content (AvgIpc) is 2.57. The maximum Gasteiger partial charge on any atom is 0.256 e. The highest BCUT2D eigenvalue weighted by Crippen LogP contribution is 2.46. The number of aromatic nitrogens is 1. The van der Waals surface area contributed by atoms with Crippen LogP contribution in [0.15, 0.2) is 54.6 Å². The Kier molecular flexibility index (Phi) is 2.58. The van der Waals surface area contributed by atoms with Crippen molar-refractivity contribution >= 4 is 21.7 Å². The van der Waals surface area contributed by atoms with Crippen molar-refractivity contribution in [2.24, 2.45) is 7.05 Å². The van der Waals surface area contributed by atoms with Gasteiger partial charge >= 0.3 is 0 Å². The smallest absolute Gasteiger partial charge is 0.256 e. The quantitative estimate of drug-likeness (QED) is 0.358. The zero-order valence-electron chi connectivity index (χ0n) is 14.1. The molecule has 0 saturated carbocycles. The maximum atomic E-state index is 6.31. The van der Waals surface area contributed by atoms with Gasteiger partial charge in [-0.2, -0.15) is 4.57 Å². The van der Waals surface area contributed by atoms with Gasteiger partial charge in [0.1, 0.15) is 12.8 Å². The third-order valence-corrected chi connectivity index (χ3v) is 5.07. The number of fused-ring (bicyclic) bond motifs is 3. The summed E-state index contributed by atoms with van der Waals surface area (Å²) in [5.41, 5.74) is 6.21. The summed E-state index contributed by atoms with van der Waals surface area (Å²) in [4.78, 5) is 0. The van der Waals surface area contributed by atoms with Crippen LogP contribution >= 0.6 is 0 Å². The molecule has 0 unspecified atom stereocenters. The van der Waals surface area contributed by atoms with Crippen LogP contribution in [-0.4, -0.2) is 0 Å². The highest BCUT2D eigenvalue weighted by molar-refractivity contribution is 6.04. The van der Waals surface area contributed by atoms with Crippen molar-refractivity contribution in [3.63, 3.8) is 0 Å². The number of hydrogen-bond donors (Lipinski definition) is 0. The van der Waals surface area contributed by atoms with Crippen molar-refractivity contribution in [1.82, 2.24) is 0 Å². The van der Waals surface area contributed by atoms with Gasteiger partial charge < -0.3 is 4.74 Å². The van der Waals surface area contributed by atoms with Gasteiger partial charge in [0.05, 0.1) is 10.9 Å². The van der Waals surface area contributed by atoms with Gasteiger partial charge in [0.2, 0.25) is 5.52 Å². The molecule has 0 spiro atoms. The van der Waals surface area contributed by atoms with Crippen molar-refractivity contribution in [3.8, 4) is 22.8 Å². The van der Waals surface area contributed by atoms with Gasteiger partial charge in [-0.05, 0) is 36.9 Å². The third kappa shape index (κ3) is 1.68. The molecule has 0 radical (unpaired) electrons. The summed E-state index contributed by atoms with van der Waals surface area (Å²) in [6, 6.07) is 19.4. The number of aryl methyl sites for hydroxylation is 3. The molecule has 0 aliphatic carbocycles. The first kappa shape index (κ1) is 13.6. The van der Waals surface area contributed by atoms with E-state index in [2.05, 4.69) is 80.1 Å². The highest BCUT2D eigenvalue weighted by atomic mass is 16.5. The summed E-state index contributed by atoms with van der Waals surface area (Å²) in [7, 11) is 2.13. The molecule has 1 aliphatic rings. The number of ether oxygens (including phenoxy) is 1. The molecule has 0 saturated heterocycles. The molecular weight excluding hydrogens is 294 g/mol. The van der Waals surface area contributed by atoms with Crippen molar-refractivity contribution in [2.75, 3.05) is 0 Å². The minimum Gasteiger partial charge on any atom is -0.450 e. The van der Waals surface area contributed by atoms with Gasteiger partial charge in [0.25, 0.3) is 5.69 Å². The fourth-order valence-electron chi connectivity index (χ4n) is 3.92.